The fraction of sp³-hybridized carbons (Fsp3) is 0.500. The van der Waals surface area contributed by atoms with Gasteiger partial charge in [0.2, 0.25) is 0 Å². The molecule has 0 radical (unpaired) electrons. The molecule has 150 valence electrons. The zero-order valence-corrected chi connectivity index (χ0v) is 15.3. The Bertz CT molecular complexity index is 927. The highest BCUT2D eigenvalue weighted by Gasteiger charge is 2.27. The van der Waals surface area contributed by atoms with Gasteiger partial charge in [0.15, 0.2) is 23.3 Å². The Kier molecular flexibility index (Phi) is 5.23. The summed E-state index contributed by atoms with van der Waals surface area (Å²) in [5.41, 5.74) is 0.237. The van der Waals surface area contributed by atoms with Gasteiger partial charge in [-0.25, -0.2) is 22.5 Å². The lowest BCUT2D eigenvalue weighted by Crippen LogP contribution is -2.36. The van der Waals surface area contributed by atoms with Gasteiger partial charge in [0, 0.05) is 43.6 Å². The molecule has 0 spiro atoms. The number of aromatic nitrogens is 2. The monoisotopic (exact) mass is 395 g/mol. The van der Waals surface area contributed by atoms with Crippen molar-refractivity contribution in [3.8, 4) is 0 Å². The molecule has 1 saturated carbocycles. The molecule has 2 aromatic rings. The van der Waals surface area contributed by atoms with E-state index in [2.05, 4.69) is 9.97 Å². The predicted octanol–water partition coefficient (Wildman–Crippen LogP) is 3.93. The number of nitrogens with one attached hydrogen (secondary N) is 1. The van der Waals surface area contributed by atoms with Gasteiger partial charge < -0.3 is 4.98 Å². The minimum Gasteiger partial charge on any atom is -0.310 e. The van der Waals surface area contributed by atoms with Gasteiger partial charge in [-0.1, -0.05) is 19.3 Å². The van der Waals surface area contributed by atoms with E-state index >= 15 is 0 Å². The molecule has 4 rings (SSSR count). The van der Waals surface area contributed by atoms with Crippen LogP contribution in [0.2, 0.25) is 0 Å². The van der Waals surface area contributed by atoms with Crippen molar-refractivity contribution < 1.29 is 17.6 Å². The van der Waals surface area contributed by atoms with Crippen molar-refractivity contribution in [3.05, 3.63) is 62.3 Å². The van der Waals surface area contributed by atoms with E-state index < -0.39 is 28.8 Å². The summed E-state index contributed by atoms with van der Waals surface area (Å²) in [6, 6.07) is 0.196. The highest BCUT2D eigenvalue weighted by molar-refractivity contribution is 5.25. The lowest BCUT2D eigenvalue weighted by atomic mass is 9.88. The van der Waals surface area contributed by atoms with E-state index in [9.17, 15) is 22.4 Å². The first kappa shape index (κ1) is 19.1. The summed E-state index contributed by atoms with van der Waals surface area (Å²) in [6.07, 6.45) is 5.92. The number of fused-ring (bicyclic) bond motifs is 1. The maximum atomic E-state index is 13.9. The Morgan fingerprint density at radius 3 is 2.43 bits per heavy atom. The molecule has 1 N–H and O–H groups in total. The molecular formula is C20H21F4N3O. The molecule has 0 amide bonds. The molecule has 1 fully saturated rings. The zero-order chi connectivity index (χ0) is 19.8. The van der Waals surface area contributed by atoms with Crippen LogP contribution in [0, 0.1) is 23.3 Å². The summed E-state index contributed by atoms with van der Waals surface area (Å²) in [5, 5.41) is 0. The SMILES string of the molecule is O=c1[nH]c(C2CCCCC2)nc2c1CN(Cc1c(F)c(F)cc(F)c1F)CC2. The third-order valence-corrected chi connectivity index (χ3v) is 5.74. The maximum Gasteiger partial charge on any atom is 0.255 e. The van der Waals surface area contributed by atoms with Gasteiger partial charge in [-0.2, -0.15) is 0 Å². The van der Waals surface area contributed by atoms with Crippen LogP contribution >= 0.6 is 0 Å². The van der Waals surface area contributed by atoms with Gasteiger partial charge in [-0.15, -0.1) is 0 Å². The van der Waals surface area contributed by atoms with Crippen LogP contribution in [-0.4, -0.2) is 21.4 Å². The van der Waals surface area contributed by atoms with Crippen molar-refractivity contribution in [2.24, 2.45) is 0 Å². The van der Waals surface area contributed by atoms with Crippen LogP contribution in [0.1, 0.15) is 60.7 Å². The second-order valence-corrected chi connectivity index (χ2v) is 7.62. The number of rotatable bonds is 3. The van der Waals surface area contributed by atoms with Crippen molar-refractivity contribution in [2.75, 3.05) is 6.54 Å². The third-order valence-electron chi connectivity index (χ3n) is 5.74. The highest BCUT2D eigenvalue weighted by Crippen LogP contribution is 2.31. The number of H-pyrrole nitrogens is 1. The number of halogens is 4. The molecule has 2 heterocycles. The summed E-state index contributed by atoms with van der Waals surface area (Å²) in [7, 11) is 0. The fourth-order valence-electron chi connectivity index (χ4n) is 4.19. The molecule has 1 aromatic carbocycles. The van der Waals surface area contributed by atoms with Crippen LogP contribution in [0.25, 0.3) is 0 Å². The summed E-state index contributed by atoms with van der Waals surface area (Å²) in [5.74, 6) is -4.66. The quantitative estimate of drug-likeness (QED) is 0.633. The maximum absolute atomic E-state index is 13.9. The van der Waals surface area contributed by atoms with Crippen LogP contribution in [0.15, 0.2) is 10.9 Å². The van der Waals surface area contributed by atoms with Gasteiger partial charge >= 0.3 is 0 Å². The van der Waals surface area contributed by atoms with Crippen molar-refractivity contribution in [1.29, 1.82) is 0 Å². The zero-order valence-electron chi connectivity index (χ0n) is 15.3. The van der Waals surface area contributed by atoms with Gasteiger partial charge in [-0.05, 0) is 12.8 Å². The normalized spacial score (nSPS) is 18.3. The molecule has 0 unspecified atom stereocenters. The van der Waals surface area contributed by atoms with Gasteiger partial charge in [-0.3, -0.25) is 9.69 Å². The Morgan fingerprint density at radius 1 is 1.07 bits per heavy atom. The van der Waals surface area contributed by atoms with Gasteiger partial charge in [0.05, 0.1) is 11.3 Å². The minimum atomic E-state index is -1.43. The number of hydrogen-bond acceptors (Lipinski definition) is 3. The van der Waals surface area contributed by atoms with E-state index in [1.54, 1.807) is 4.90 Å². The van der Waals surface area contributed by atoms with Crippen LogP contribution in [0.4, 0.5) is 17.6 Å². The van der Waals surface area contributed by atoms with Gasteiger partial charge in [0.25, 0.3) is 5.56 Å². The molecule has 1 aliphatic carbocycles. The Morgan fingerprint density at radius 2 is 1.75 bits per heavy atom. The second kappa shape index (κ2) is 7.66. The van der Waals surface area contributed by atoms with Crippen LogP contribution in [0.3, 0.4) is 0 Å². The summed E-state index contributed by atoms with van der Waals surface area (Å²) in [6.45, 7) is 0.194. The standard InChI is InChI=1S/C20H21F4N3O/c21-14-8-15(22)18(24)13(17(14)23)10-27-7-6-16-12(9-27)20(28)26-19(25-16)11-4-2-1-3-5-11/h8,11H,1-7,9-10H2,(H,25,26,28). The van der Waals surface area contributed by atoms with Crippen molar-refractivity contribution >= 4 is 0 Å². The van der Waals surface area contributed by atoms with E-state index in [4.69, 9.17) is 0 Å². The summed E-state index contributed by atoms with van der Waals surface area (Å²) in [4.78, 5) is 21.7. The lowest BCUT2D eigenvalue weighted by Gasteiger charge is -2.29. The molecule has 1 aliphatic heterocycles. The Labute approximate surface area is 159 Å². The van der Waals surface area contributed by atoms with Crippen LogP contribution in [-0.2, 0) is 19.5 Å². The number of hydrogen-bond donors (Lipinski definition) is 1. The van der Waals surface area contributed by atoms with E-state index in [1.807, 2.05) is 0 Å². The number of nitrogens with zero attached hydrogens (tertiary/aromatic N) is 2. The number of benzene rings is 1. The topological polar surface area (TPSA) is 49.0 Å². The average molecular weight is 395 g/mol. The summed E-state index contributed by atoms with van der Waals surface area (Å²) >= 11 is 0. The molecule has 1 aromatic heterocycles. The Balaban J connectivity index is 1.57. The molecule has 0 atom stereocenters. The average Bonchev–Trinajstić information content (AvgIpc) is 2.70. The van der Waals surface area contributed by atoms with Gasteiger partial charge in [0.1, 0.15) is 5.82 Å². The molecule has 8 heteroatoms. The molecule has 28 heavy (non-hydrogen) atoms. The van der Waals surface area contributed by atoms with E-state index in [-0.39, 0.29) is 30.6 Å². The van der Waals surface area contributed by atoms with E-state index in [0.717, 1.165) is 31.5 Å². The minimum absolute atomic E-state index is 0.125. The smallest absolute Gasteiger partial charge is 0.255 e. The number of aromatic amines is 1. The molecule has 2 aliphatic rings. The second-order valence-electron chi connectivity index (χ2n) is 7.62. The first-order valence-corrected chi connectivity index (χ1v) is 9.60. The summed E-state index contributed by atoms with van der Waals surface area (Å²) < 4.78 is 54.8. The first-order chi connectivity index (χ1) is 13.4. The van der Waals surface area contributed by atoms with Crippen molar-refractivity contribution in [3.63, 3.8) is 0 Å². The van der Waals surface area contributed by atoms with Crippen molar-refractivity contribution in [1.82, 2.24) is 14.9 Å². The lowest BCUT2D eigenvalue weighted by molar-refractivity contribution is 0.231. The molecule has 0 bridgehead atoms. The van der Waals surface area contributed by atoms with Crippen LogP contribution < -0.4 is 5.56 Å². The molecule has 0 saturated heterocycles. The van der Waals surface area contributed by atoms with Crippen molar-refractivity contribution in [2.45, 2.75) is 57.5 Å². The third kappa shape index (κ3) is 3.57. The largest absolute Gasteiger partial charge is 0.310 e. The van der Waals surface area contributed by atoms with E-state index in [1.165, 1.54) is 6.42 Å². The highest BCUT2D eigenvalue weighted by atomic mass is 19.2. The molecule has 4 nitrogen and oxygen atoms in total. The fourth-order valence-corrected chi connectivity index (χ4v) is 4.19. The van der Waals surface area contributed by atoms with Crippen LogP contribution in [0.5, 0.6) is 0 Å². The predicted molar refractivity (Wildman–Crippen MR) is 94.8 cm³/mol. The molecular weight excluding hydrogens is 374 g/mol. The first-order valence-electron chi connectivity index (χ1n) is 9.60. The Hall–Kier alpha value is -2.22. The van der Waals surface area contributed by atoms with E-state index in [0.29, 0.717) is 24.2 Å².